The van der Waals surface area contributed by atoms with Crippen molar-refractivity contribution < 1.29 is 19.1 Å². The molecule has 1 aliphatic carbocycles. The van der Waals surface area contributed by atoms with Crippen LogP contribution in [0.3, 0.4) is 0 Å². The van der Waals surface area contributed by atoms with E-state index in [-0.39, 0.29) is 29.5 Å². The molecule has 1 atom stereocenters. The van der Waals surface area contributed by atoms with Gasteiger partial charge in [0.15, 0.2) is 0 Å². The number of rotatable bonds is 4. The van der Waals surface area contributed by atoms with Gasteiger partial charge in [0.05, 0.1) is 6.61 Å². The fourth-order valence-electron chi connectivity index (χ4n) is 4.03. The maximum atomic E-state index is 12.6. The van der Waals surface area contributed by atoms with Crippen LogP contribution in [0, 0.1) is 0 Å². The van der Waals surface area contributed by atoms with Gasteiger partial charge in [-0.25, -0.2) is 4.79 Å². The minimum Gasteiger partial charge on any atom is -0.492 e. The van der Waals surface area contributed by atoms with Crippen molar-refractivity contribution in [2.45, 2.75) is 70.1 Å². The molecule has 140 valence electrons. The molecule has 1 N–H and O–H groups in total. The Morgan fingerprint density at radius 1 is 1.27 bits per heavy atom. The van der Waals surface area contributed by atoms with Crippen LogP contribution in [0.15, 0.2) is 18.2 Å². The Hall–Kier alpha value is -2.24. The first-order valence-corrected chi connectivity index (χ1v) is 9.34. The van der Waals surface area contributed by atoms with Crippen molar-refractivity contribution in [3.8, 4) is 11.5 Å². The van der Waals surface area contributed by atoms with Gasteiger partial charge in [-0.3, -0.25) is 9.69 Å². The van der Waals surface area contributed by atoms with Crippen LogP contribution in [-0.4, -0.2) is 41.1 Å². The van der Waals surface area contributed by atoms with Gasteiger partial charge in [0, 0.05) is 29.9 Å². The number of carbonyl (C=O) groups excluding carboxylic acids is 2. The highest BCUT2D eigenvalue weighted by molar-refractivity contribution is 6.07. The van der Waals surface area contributed by atoms with Crippen LogP contribution in [0.2, 0.25) is 0 Å². The number of nitrogens with one attached hydrogen (secondary N) is 1. The minimum atomic E-state index is -0.773. The second-order valence-electron chi connectivity index (χ2n) is 8.46. The number of fused-ring (bicyclic) bond motifs is 1. The van der Waals surface area contributed by atoms with Gasteiger partial charge in [-0.1, -0.05) is 26.8 Å². The molecule has 2 aliphatic heterocycles. The van der Waals surface area contributed by atoms with Gasteiger partial charge in [0.2, 0.25) is 0 Å². The molecule has 0 bridgehead atoms. The summed E-state index contributed by atoms with van der Waals surface area (Å²) < 4.78 is 12.0. The number of nitrogens with zero attached hydrogens (tertiary/aromatic N) is 1. The summed E-state index contributed by atoms with van der Waals surface area (Å²) in [5.41, 5.74) is 0.255. The van der Waals surface area contributed by atoms with E-state index in [1.165, 1.54) is 4.90 Å². The summed E-state index contributed by atoms with van der Waals surface area (Å²) >= 11 is 0. The summed E-state index contributed by atoms with van der Waals surface area (Å²) in [5, 5.41) is 2.82. The number of hydrogen-bond donors (Lipinski definition) is 1. The number of amides is 3. The van der Waals surface area contributed by atoms with Gasteiger partial charge in [0.25, 0.3) is 5.91 Å². The summed E-state index contributed by atoms with van der Waals surface area (Å²) in [4.78, 5) is 26.2. The third-order valence-corrected chi connectivity index (χ3v) is 5.98. The van der Waals surface area contributed by atoms with Crippen LogP contribution >= 0.6 is 0 Å². The van der Waals surface area contributed by atoms with Gasteiger partial charge in [-0.05, 0) is 25.5 Å². The zero-order valence-corrected chi connectivity index (χ0v) is 15.8. The Kier molecular flexibility index (Phi) is 3.72. The molecule has 1 saturated heterocycles. The molecule has 0 spiro atoms. The Morgan fingerprint density at radius 3 is 2.65 bits per heavy atom. The molecule has 0 unspecified atom stereocenters. The standard InChI is InChI=1S/C20H26N2O4/c1-5-20(4)17(23)22(18(24)21-20)12-9-13(10-12)26-15-8-6-7-14-16(15)19(2,3)11-25-14/h6-8,12-13H,5,9-11H2,1-4H3,(H,21,24)/t12?,13?,20-/m0/s1. The highest BCUT2D eigenvalue weighted by atomic mass is 16.5. The number of benzene rings is 1. The average molecular weight is 358 g/mol. The Morgan fingerprint density at radius 2 is 2.00 bits per heavy atom. The van der Waals surface area contributed by atoms with E-state index in [4.69, 9.17) is 9.47 Å². The monoisotopic (exact) mass is 358 g/mol. The molecular weight excluding hydrogens is 332 g/mol. The lowest BCUT2D eigenvalue weighted by atomic mass is 9.85. The first kappa shape index (κ1) is 17.2. The molecular formula is C20H26N2O4. The van der Waals surface area contributed by atoms with Crippen molar-refractivity contribution in [1.29, 1.82) is 0 Å². The van der Waals surface area contributed by atoms with Crippen molar-refractivity contribution in [2.75, 3.05) is 6.61 Å². The fourth-order valence-corrected chi connectivity index (χ4v) is 4.03. The van der Waals surface area contributed by atoms with Gasteiger partial charge < -0.3 is 14.8 Å². The first-order valence-electron chi connectivity index (χ1n) is 9.34. The van der Waals surface area contributed by atoms with Crippen LogP contribution in [0.1, 0.15) is 52.5 Å². The normalized spacial score (nSPS) is 31.9. The molecule has 0 radical (unpaired) electrons. The highest BCUT2D eigenvalue weighted by Crippen LogP contribution is 2.45. The summed E-state index contributed by atoms with van der Waals surface area (Å²) in [6, 6.07) is 5.53. The third-order valence-electron chi connectivity index (χ3n) is 5.98. The van der Waals surface area contributed by atoms with Gasteiger partial charge in [-0.15, -0.1) is 0 Å². The smallest absolute Gasteiger partial charge is 0.325 e. The predicted molar refractivity (Wildman–Crippen MR) is 96.5 cm³/mol. The molecule has 4 rings (SSSR count). The largest absolute Gasteiger partial charge is 0.492 e. The second kappa shape index (κ2) is 5.63. The van der Waals surface area contributed by atoms with E-state index < -0.39 is 5.54 Å². The van der Waals surface area contributed by atoms with Crippen molar-refractivity contribution in [2.24, 2.45) is 0 Å². The number of ether oxygens (including phenoxy) is 2. The fraction of sp³-hybridized carbons (Fsp3) is 0.600. The molecule has 0 aromatic heterocycles. The Labute approximate surface area is 153 Å². The molecule has 3 amide bonds. The van der Waals surface area contributed by atoms with Crippen molar-refractivity contribution in [1.82, 2.24) is 10.2 Å². The summed E-state index contributed by atoms with van der Waals surface area (Å²) in [7, 11) is 0. The van der Waals surface area contributed by atoms with Crippen molar-refractivity contribution in [3.63, 3.8) is 0 Å². The molecule has 1 aromatic rings. The van der Waals surface area contributed by atoms with Crippen molar-refractivity contribution in [3.05, 3.63) is 23.8 Å². The SMILES string of the molecule is CC[C@]1(C)NC(=O)N(C2CC(Oc3cccc4c3C(C)(C)CO4)C2)C1=O. The van der Waals surface area contributed by atoms with Gasteiger partial charge in [-0.2, -0.15) is 0 Å². The number of urea groups is 1. The van der Waals surface area contributed by atoms with E-state index >= 15 is 0 Å². The molecule has 3 aliphatic rings. The van der Waals surface area contributed by atoms with Crippen LogP contribution in [0.25, 0.3) is 0 Å². The van der Waals surface area contributed by atoms with Crippen LogP contribution in [-0.2, 0) is 10.2 Å². The average Bonchev–Trinajstić information content (AvgIpc) is 2.99. The highest BCUT2D eigenvalue weighted by Gasteiger charge is 2.52. The zero-order chi connectivity index (χ0) is 18.7. The zero-order valence-electron chi connectivity index (χ0n) is 15.8. The molecule has 1 aromatic carbocycles. The Balaban J connectivity index is 1.44. The van der Waals surface area contributed by atoms with Crippen molar-refractivity contribution >= 4 is 11.9 Å². The number of imide groups is 1. The summed E-state index contributed by atoms with van der Waals surface area (Å²) in [5.74, 6) is 1.61. The predicted octanol–water partition coefficient (Wildman–Crippen LogP) is 2.99. The van der Waals surface area contributed by atoms with E-state index in [0.29, 0.717) is 25.9 Å². The second-order valence-corrected chi connectivity index (χ2v) is 8.46. The molecule has 6 nitrogen and oxygen atoms in total. The molecule has 1 saturated carbocycles. The van der Waals surface area contributed by atoms with E-state index in [9.17, 15) is 9.59 Å². The lowest BCUT2D eigenvalue weighted by Crippen LogP contribution is -2.52. The molecule has 2 heterocycles. The van der Waals surface area contributed by atoms with Gasteiger partial charge in [0.1, 0.15) is 23.1 Å². The minimum absolute atomic E-state index is 0.0111. The van der Waals surface area contributed by atoms with Crippen LogP contribution in [0.5, 0.6) is 11.5 Å². The maximum Gasteiger partial charge on any atom is 0.325 e. The topological polar surface area (TPSA) is 67.9 Å². The lowest BCUT2D eigenvalue weighted by Gasteiger charge is -2.40. The number of hydrogen-bond acceptors (Lipinski definition) is 4. The number of carbonyl (C=O) groups is 2. The van der Waals surface area contributed by atoms with Gasteiger partial charge >= 0.3 is 6.03 Å². The third kappa shape index (κ3) is 2.46. The van der Waals surface area contributed by atoms with E-state index in [1.54, 1.807) is 6.92 Å². The van der Waals surface area contributed by atoms with E-state index in [0.717, 1.165) is 17.1 Å². The van der Waals surface area contributed by atoms with E-state index in [2.05, 4.69) is 19.2 Å². The van der Waals surface area contributed by atoms with Crippen LogP contribution in [0.4, 0.5) is 4.79 Å². The van der Waals surface area contributed by atoms with Crippen LogP contribution < -0.4 is 14.8 Å². The molecule has 6 heteroatoms. The lowest BCUT2D eigenvalue weighted by molar-refractivity contribution is -0.135. The summed E-state index contributed by atoms with van der Waals surface area (Å²) in [6.45, 7) is 8.64. The quantitative estimate of drug-likeness (QED) is 0.840. The van der Waals surface area contributed by atoms with E-state index in [1.807, 2.05) is 25.1 Å². The molecule has 26 heavy (non-hydrogen) atoms. The maximum absolute atomic E-state index is 12.6. The summed E-state index contributed by atoms with van der Waals surface area (Å²) in [6.07, 6.45) is 1.94. The Bertz CT molecular complexity index is 769. The first-order chi connectivity index (χ1) is 12.2. The molecule has 2 fully saturated rings.